The van der Waals surface area contributed by atoms with E-state index < -0.39 is 0 Å². The molecule has 2 atom stereocenters. The third-order valence-electron chi connectivity index (χ3n) is 4.85. The molecule has 1 aliphatic carbocycles. The molecule has 0 amide bonds. The van der Waals surface area contributed by atoms with E-state index in [1.807, 2.05) is 0 Å². The van der Waals surface area contributed by atoms with Crippen LogP contribution in [0.5, 0.6) is 0 Å². The minimum atomic E-state index is 0.614. The van der Waals surface area contributed by atoms with Crippen LogP contribution in [0.3, 0.4) is 0 Å². The fourth-order valence-corrected chi connectivity index (χ4v) is 3.48. The first-order valence-corrected chi connectivity index (χ1v) is 6.56. The maximum absolute atomic E-state index is 2.74. The highest BCUT2D eigenvalue weighted by molar-refractivity contribution is 4.98. The van der Waals surface area contributed by atoms with Crippen molar-refractivity contribution in [2.75, 3.05) is 39.8 Å². The van der Waals surface area contributed by atoms with E-state index in [1.165, 1.54) is 52.0 Å². The molecule has 15 heavy (non-hydrogen) atoms. The van der Waals surface area contributed by atoms with Crippen LogP contribution in [0.1, 0.15) is 26.2 Å². The van der Waals surface area contributed by atoms with Gasteiger partial charge in [-0.2, -0.15) is 0 Å². The fourth-order valence-electron chi connectivity index (χ4n) is 3.48. The Kier molecular flexibility index (Phi) is 2.33. The van der Waals surface area contributed by atoms with Gasteiger partial charge in [0.1, 0.15) is 0 Å². The summed E-state index contributed by atoms with van der Waals surface area (Å²) in [6.45, 7) is 9.30. The molecular weight excluding hydrogens is 184 g/mol. The summed E-state index contributed by atoms with van der Waals surface area (Å²) in [6, 6.07) is 0. The molecule has 2 nitrogen and oxygen atoms in total. The second kappa shape index (κ2) is 3.46. The standard InChI is InChI=1S/C13H24N2/c1-13(3-5-14(2)6-4-13)10-15-8-11-7-12(11)9-15/h11-12H,3-10H2,1-2H3. The van der Waals surface area contributed by atoms with Crippen LogP contribution in [0.25, 0.3) is 0 Å². The Bertz CT molecular complexity index is 233. The smallest absolute Gasteiger partial charge is 0.00365 e. The molecule has 0 spiro atoms. The number of hydrogen-bond donors (Lipinski definition) is 0. The fraction of sp³-hybridized carbons (Fsp3) is 1.00. The van der Waals surface area contributed by atoms with Gasteiger partial charge in [0.05, 0.1) is 0 Å². The number of nitrogens with zero attached hydrogens (tertiary/aromatic N) is 2. The molecular formula is C13H24N2. The number of piperidine rings is 2. The van der Waals surface area contributed by atoms with Crippen molar-refractivity contribution in [3.63, 3.8) is 0 Å². The normalized spacial score (nSPS) is 40.4. The second-order valence-electron chi connectivity index (χ2n) is 6.56. The van der Waals surface area contributed by atoms with E-state index in [1.54, 1.807) is 0 Å². The third-order valence-corrected chi connectivity index (χ3v) is 4.85. The molecule has 2 saturated heterocycles. The molecule has 2 heteroatoms. The van der Waals surface area contributed by atoms with Crippen LogP contribution >= 0.6 is 0 Å². The van der Waals surface area contributed by atoms with Crippen molar-refractivity contribution < 1.29 is 0 Å². The topological polar surface area (TPSA) is 6.48 Å². The summed E-state index contributed by atoms with van der Waals surface area (Å²) in [6.07, 6.45) is 4.33. The highest BCUT2D eigenvalue weighted by Gasteiger charge is 2.46. The predicted octanol–water partition coefficient (Wildman–Crippen LogP) is 1.67. The maximum Gasteiger partial charge on any atom is 0.00365 e. The van der Waals surface area contributed by atoms with Gasteiger partial charge < -0.3 is 9.80 Å². The SMILES string of the molecule is CN1CCC(C)(CN2CC3CC3C2)CC1. The predicted molar refractivity (Wildman–Crippen MR) is 62.9 cm³/mol. The Morgan fingerprint density at radius 2 is 1.73 bits per heavy atom. The quantitative estimate of drug-likeness (QED) is 0.681. The minimum Gasteiger partial charge on any atom is -0.306 e. The van der Waals surface area contributed by atoms with Gasteiger partial charge in [0.2, 0.25) is 0 Å². The van der Waals surface area contributed by atoms with Gasteiger partial charge in [-0.05, 0) is 56.7 Å². The molecule has 0 N–H and O–H groups in total. The monoisotopic (exact) mass is 208 g/mol. The summed E-state index contributed by atoms with van der Waals surface area (Å²) < 4.78 is 0. The van der Waals surface area contributed by atoms with E-state index >= 15 is 0 Å². The average molecular weight is 208 g/mol. The van der Waals surface area contributed by atoms with Crippen LogP contribution in [-0.4, -0.2) is 49.6 Å². The van der Waals surface area contributed by atoms with Crippen molar-refractivity contribution in [2.24, 2.45) is 17.3 Å². The summed E-state index contributed by atoms with van der Waals surface area (Å²) in [7, 11) is 2.25. The van der Waals surface area contributed by atoms with E-state index in [-0.39, 0.29) is 0 Å². The first kappa shape index (κ1) is 10.1. The van der Waals surface area contributed by atoms with Gasteiger partial charge >= 0.3 is 0 Å². The molecule has 2 aliphatic heterocycles. The number of likely N-dealkylation sites (tertiary alicyclic amines) is 2. The van der Waals surface area contributed by atoms with Gasteiger partial charge in [0, 0.05) is 19.6 Å². The molecule has 3 rings (SSSR count). The summed E-state index contributed by atoms with van der Waals surface area (Å²) in [5.74, 6) is 2.19. The lowest BCUT2D eigenvalue weighted by Gasteiger charge is -2.40. The zero-order chi connectivity index (χ0) is 10.5. The summed E-state index contributed by atoms with van der Waals surface area (Å²) >= 11 is 0. The average Bonchev–Trinajstić information content (AvgIpc) is 2.80. The second-order valence-corrected chi connectivity index (χ2v) is 6.56. The van der Waals surface area contributed by atoms with E-state index in [0.29, 0.717) is 5.41 Å². The van der Waals surface area contributed by atoms with E-state index in [4.69, 9.17) is 0 Å². The number of hydrogen-bond acceptors (Lipinski definition) is 2. The van der Waals surface area contributed by atoms with Gasteiger partial charge in [-0.3, -0.25) is 0 Å². The van der Waals surface area contributed by atoms with Crippen molar-refractivity contribution in [1.29, 1.82) is 0 Å². The van der Waals surface area contributed by atoms with Gasteiger partial charge in [0.25, 0.3) is 0 Å². The zero-order valence-corrected chi connectivity index (χ0v) is 10.2. The van der Waals surface area contributed by atoms with Crippen LogP contribution in [0.15, 0.2) is 0 Å². The molecule has 0 aromatic rings. The number of rotatable bonds is 2. The molecule has 3 fully saturated rings. The Labute approximate surface area is 93.6 Å². The van der Waals surface area contributed by atoms with E-state index in [0.717, 1.165) is 11.8 Å². The Balaban J connectivity index is 1.53. The lowest BCUT2D eigenvalue weighted by molar-refractivity contribution is 0.0921. The van der Waals surface area contributed by atoms with E-state index in [9.17, 15) is 0 Å². The summed E-state index contributed by atoms with van der Waals surface area (Å²) in [5, 5.41) is 0. The highest BCUT2D eigenvalue weighted by atomic mass is 15.2. The van der Waals surface area contributed by atoms with Gasteiger partial charge in [-0.25, -0.2) is 0 Å². The first-order chi connectivity index (χ1) is 7.15. The Morgan fingerprint density at radius 1 is 1.13 bits per heavy atom. The van der Waals surface area contributed by atoms with Gasteiger partial charge in [-0.1, -0.05) is 6.92 Å². The maximum atomic E-state index is 2.74. The Hall–Kier alpha value is -0.0800. The van der Waals surface area contributed by atoms with Crippen LogP contribution < -0.4 is 0 Å². The summed E-state index contributed by atoms with van der Waals surface area (Å²) in [4.78, 5) is 5.22. The third kappa shape index (κ3) is 2.07. The van der Waals surface area contributed by atoms with Crippen LogP contribution in [0.4, 0.5) is 0 Å². The minimum absolute atomic E-state index is 0.614. The zero-order valence-electron chi connectivity index (χ0n) is 10.2. The molecule has 3 aliphatic rings. The summed E-state index contributed by atoms with van der Waals surface area (Å²) in [5.41, 5.74) is 0.614. The Morgan fingerprint density at radius 3 is 2.33 bits per heavy atom. The van der Waals surface area contributed by atoms with Crippen molar-refractivity contribution in [2.45, 2.75) is 26.2 Å². The highest BCUT2D eigenvalue weighted by Crippen LogP contribution is 2.46. The molecule has 0 radical (unpaired) electrons. The molecule has 1 saturated carbocycles. The molecule has 86 valence electrons. The lowest BCUT2D eigenvalue weighted by Crippen LogP contribution is -2.43. The van der Waals surface area contributed by atoms with Crippen LogP contribution in [0, 0.1) is 17.3 Å². The van der Waals surface area contributed by atoms with Crippen LogP contribution in [0.2, 0.25) is 0 Å². The van der Waals surface area contributed by atoms with Crippen molar-refractivity contribution in [3.8, 4) is 0 Å². The van der Waals surface area contributed by atoms with Gasteiger partial charge in [0.15, 0.2) is 0 Å². The van der Waals surface area contributed by atoms with Crippen molar-refractivity contribution in [1.82, 2.24) is 9.80 Å². The molecule has 0 aromatic heterocycles. The van der Waals surface area contributed by atoms with Gasteiger partial charge in [-0.15, -0.1) is 0 Å². The van der Waals surface area contributed by atoms with Crippen molar-refractivity contribution >= 4 is 0 Å². The molecule has 0 aromatic carbocycles. The first-order valence-electron chi connectivity index (χ1n) is 6.56. The largest absolute Gasteiger partial charge is 0.306 e. The number of fused-ring (bicyclic) bond motifs is 1. The lowest BCUT2D eigenvalue weighted by atomic mass is 9.80. The molecule has 2 unspecified atom stereocenters. The van der Waals surface area contributed by atoms with Crippen LogP contribution in [-0.2, 0) is 0 Å². The molecule has 0 bridgehead atoms. The van der Waals surface area contributed by atoms with Crippen molar-refractivity contribution in [3.05, 3.63) is 0 Å². The van der Waals surface area contributed by atoms with E-state index in [2.05, 4.69) is 23.8 Å². The molecule has 2 heterocycles.